The minimum absolute atomic E-state index is 0.105. The molecule has 1 aliphatic rings. The van der Waals surface area contributed by atoms with Crippen molar-refractivity contribution in [2.75, 3.05) is 46.3 Å². The Morgan fingerprint density at radius 3 is 2.24 bits per heavy atom. The van der Waals surface area contributed by atoms with E-state index >= 15 is 0 Å². The van der Waals surface area contributed by atoms with Crippen molar-refractivity contribution in [3.63, 3.8) is 0 Å². The van der Waals surface area contributed by atoms with E-state index in [4.69, 9.17) is 19.3 Å². The fourth-order valence-electron chi connectivity index (χ4n) is 2.21. The predicted molar refractivity (Wildman–Crippen MR) is 77.3 cm³/mol. The fourth-order valence-corrected chi connectivity index (χ4v) is 2.21. The summed E-state index contributed by atoms with van der Waals surface area (Å²) in [5.41, 5.74) is 0.557. The van der Waals surface area contributed by atoms with Gasteiger partial charge < -0.3 is 29.5 Å². The normalized spacial score (nSPS) is 14.4. The number of carbonyl (C=O) groups is 1. The number of rotatable bonds is 5. The van der Waals surface area contributed by atoms with Gasteiger partial charge in [-0.15, -0.1) is 0 Å². The predicted octanol–water partition coefficient (Wildman–Crippen LogP) is 1.17. The molecule has 21 heavy (non-hydrogen) atoms. The number of nitrogens with zero attached hydrogens (tertiary/aromatic N) is 1. The van der Waals surface area contributed by atoms with E-state index in [1.165, 1.54) is 21.3 Å². The van der Waals surface area contributed by atoms with Crippen LogP contribution in [0.4, 0.5) is 10.5 Å². The van der Waals surface area contributed by atoms with Gasteiger partial charge in [0.15, 0.2) is 11.5 Å². The summed E-state index contributed by atoms with van der Waals surface area (Å²) in [6.07, 6.45) is 0. The zero-order valence-electron chi connectivity index (χ0n) is 12.4. The minimum Gasteiger partial charge on any atom is -0.493 e. The maximum atomic E-state index is 12.0. The van der Waals surface area contributed by atoms with Crippen molar-refractivity contribution in [2.45, 2.75) is 0 Å². The number of aliphatic hydroxyl groups excluding tert-OH is 1. The van der Waals surface area contributed by atoms with E-state index in [-0.39, 0.29) is 18.6 Å². The average molecular weight is 296 g/mol. The molecular weight excluding hydrogens is 276 g/mol. The summed E-state index contributed by atoms with van der Waals surface area (Å²) in [6, 6.07) is 3.12. The van der Waals surface area contributed by atoms with Crippen LogP contribution in [0.2, 0.25) is 0 Å². The second-order valence-electron chi connectivity index (χ2n) is 4.80. The van der Waals surface area contributed by atoms with Gasteiger partial charge in [0.2, 0.25) is 5.75 Å². The molecule has 1 saturated heterocycles. The molecule has 0 bridgehead atoms. The topological polar surface area (TPSA) is 80.3 Å². The number of ether oxygens (including phenoxy) is 3. The summed E-state index contributed by atoms with van der Waals surface area (Å²) in [5.74, 6) is 1.60. The van der Waals surface area contributed by atoms with Gasteiger partial charge in [-0.25, -0.2) is 4.79 Å². The average Bonchev–Trinajstić information content (AvgIpc) is 2.44. The van der Waals surface area contributed by atoms with Crippen LogP contribution in [0, 0.1) is 5.92 Å². The standard InChI is InChI=1S/C14H20N2O5/c1-19-11-4-10(5-12(20-2)13(11)21-3)15-14(18)16-6-9(7-16)8-17/h4-5,9,17H,6-8H2,1-3H3,(H,15,18). The maximum Gasteiger partial charge on any atom is 0.321 e. The van der Waals surface area contributed by atoms with Gasteiger partial charge >= 0.3 is 6.03 Å². The van der Waals surface area contributed by atoms with E-state index in [1.54, 1.807) is 17.0 Å². The van der Waals surface area contributed by atoms with Crippen molar-refractivity contribution >= 4 is 11.7 Å². The van der Waals surface area contributed by atoms with Crippen molar-refractivity contribution in [3.8, 4) is 17.2 Å². The Hall–Kier alpha value is -2.15. The van der Waals surface area contributed by atoms with Gasteiger partial charge in [-0.3, -0.25) is 0 Å². The molecule has 1 heterocycles. The number of benzene rings is 1. The second kappa shape index (κ2) is 6.53. The van der Waals surface area contributed by atoms with Gasteiger partial charge in [0.05, 0.1) is 27.0 Å². The first kappa shape index (κ1) is 15.2. The summed E-state index contributed by atoms with van der Waals surface area (Å²) in [5, 5.41) is 11.7. The van der Waals surface area contributed by atoms with E-state index in [0.29, 0.717) is 36.0 Å². The van der Waals surface area contributed by atoms with Crippen molar-refractivity contribution < 1.29 is 24.1 Å². The first-order valence-corrected chi connectivity index (χ1v) is 6.59. The monoisotopic (exact) mass is 296 g/mol. The molecule has 0 unspecified atom stereocenters. The van der Waals surface area contributed by atoms with Crippen LogP contribution in [0.25, 0.3) is 0 Å². The Morgan fingerprint density at radius 2 is 1.81 bits per heavy atom. The molecule has 2 N–H and O–H groups in total. The molecule has 0 aliphatic carbocycles. The van der Waals surface area contributed by atoms with Gasteiger partial charge in [-0.2, -0.15) is 0 Å². The number of urea groups is 1. The van der Waals surface area contributed by atoms with Crippen molar-refractivity contribution in [1.82, 2.24) is 4.90 Å². The zero-order valence-corrected chi connectivity index (χ0v) is 12.4. The third kappa shape index (κ3) is 3.13. The molecule has 0 aromatic heterocycles. The van der Waals surface area contributed by atoms with Gasteiger partial charge in [0.1, 0.15) is 0 Å². The summed E-state index contributed by atoms with van der Waals surface area (Å²) < 4.78 is 15.7. The van der Waals surface area contributed by atoms with E-state index in [9.17, 15) is 4.79 Å². The lowest BCUT2D eigenvalue weighted by Crippen LogP contribution is -2.52. The van der Waals surface area contributed by atoms with Crippen LogP contribution in [0.5, 0.6) is 17.2 Å². The van der Waals surface area contributed by atoms with E-state index < -0.39 is 0 Å². The SMILES string of the molecule is COc1cc(NC(=O)N2CC(CO)C2)cc(OC)c1OC. The third-order valence-corrected chi connectivity index (χ3v) is 3.42. The summed E-state index contributed by atoms with van der Waals surface area (Å²) in [6.45, 7) is 1.23. The number of aliphatic hydroxyl groups is 1. The van der Waals surface area contributed by atoms with Crippen molar-refractivity contribution in [2.24, 2.45) is 5.92 Å². The van der Waals surface area contributed by atoms with Crippen LogP contribution in [0.15, 0.2) is 12.1 Å². The molecule has 0 spiro atoms. The van der Waals surface area contributed by atoms with Gasteiger partial charge in [0, 0.05) is 37.7 Å². The number of hydrogen-bond donors (Lipinski definition) is 2. The first-order chi connectivity index (χ1) is 10.1. The number of anilines is 1. The number of hydrogen-bond acceptors (Lipinski definition) is 5. The Balaban J connectivity index is 2.11. The first-order valence-electron chi connectivity index (χ1n) is 6.59. The van der Waals surface area contributed by atoms with E-state index in [2.05, 4.69) is 5.32 Å². The Bertz CT molecular complexity index is 489. The number of methoxy groups -OCH3 is 3. The number of likely N-dealkylation sites (tertiary alicyclic amines) is 1. The Kier molecular flexibility index (Phi) is 4.74. The van der Waals surface area contributed by atoms with Crippen LogP contribution in [-0.2, 0) is 0 Å². The largest absolute Gasteiger partial charge is 0.493 e. The summed E-state index contributed by atoms with van der Waals surface area (Å²) in [4.78, 5) is 13.7. The summed E-state index contributed by atoms with van der Waals surface area (Å²) in [7, 11) is 4.56. The lowest BCUT2D eigenvalue weighted by Gasteiger charge is -2.38. The molecule has 7 heteroatoms. The highest BCUT2D eigenvalue weighted by Gasteiger charge is 2.30. The quantitative estimate of drug-likeness (QED) is 0.852. The van der Waals surface area contributed by atoms with E-state index in [1.807, 2.05) is 0 Å². The molecule has 2 amide bonds. The van der Waals surface area contributed by atoms with Crippen LogP contribution in [-0.4, -0.2) is 57.1 Å². The Labute approximate surface area is 123 Å². The Morgan fingerprint density at radius 1 is 1.24 bits per heavy atom. The molecule has 116 valence electrons. The van der Waals surface area contributed by atoms with Crippen LogP contribution in [0.1, 0.15) is 0 Å². The maximum absolute atomic E-state index is 12.0. The summed E-state index contributed by atoms with van der Waals surface area (Å²) >= 11 is 0. The van der Waals surface area contributed by atoms with Gasteiger partial charge in [-0.05, 0) is 0 Å². The molecule has 0 atom stereocenters. The van der Waals surface area contributed by atoms with Crippen LogP contribution in [0.3, 0.4) is 0 Å². The smallest absolute Gasteiger partial charge is 0.321 e. The van der Waals surface area contributed by atoms with E-state index in [0.717, 1.165) is 0 Å². The van der Waals surface area contributed by atoms with Crippen LogP contribution >= 0.6 is 0 Å². The lowest BCUT2D eigenvalue weighted by atomic mass is 10.0. The molecule has 1 aliphatic heterocycles. The fraction of sp³-hybridized carbons (Fsp3) is 0.500. The van der Waals surface area contributed by atoms with Crippen LogP contribution < -0.4 is 19.5 Å². The van der Waals surface area contributed by atoms with Gasteiger partial charge in [-0.1, -0.05) is 0 Å². The minimum atomic E-state index is -0.214. The lowest BCUT2D eigenvalue weighted by molar-refractivity contribution is 0.0838. The van der Waals surface area contributed by atoms with Gasteiger partial charge in [0.25, 0.3) is 0 Å². The molecule has 0 saturated carbocycles. The number of amides is 2. The number of nitrogens with one attached hydrogen (secondary N) is 1. The molecule has 1 aromatic carbocycles. The third-order valence-electron chi connectivity index (χ3n) is 3.42. The highest BCUT2D eigenvalue weighted by Crippen LogP contribution is 2.40. The molecule has 7 nitrogen and oxygen atoms in total. The molecule has 0 radical (unpaired) electrons. The number of carbonyl (C=O) groups excluding carboxylic acids is 1. The second-order valence-corrected chi connectivity index (χ2v) is 4.80. The highest BCUT2D eigenvalue weighted by atomic mass is 16.5. The molecule has 1 fully saturated rings. The van der Waals surface area contributed by atoms with Crippen molar-refractivity contribution in [1.29, 1.82) is 0 Å². The molecule has 2 rings (SSSR count). The zero-order chi connectivity index (χ0) is 15.4. The highest BCUT2D eigenvalue weighted by molar-refractivity contribution is 5.90. The molecular formula is C14H20N2O5. The van der Waals surface area contributed by atoms with Crippen molar-refractivity contribution in [3.05, 3.63) is 12.1 Å². The molecule has 1 aromatic rings.